The minimum absolute atomic E-state index is 0.422. The number of anilines is 1. The Bertz CT molecular complexity index is 744. The number of hydrogen-bond acceptors (Lipinski definition) is 5. The third-order valence-electron chi connectivity index (χ3n) is 4.00. The second kappa shape index (κ2) is 6.70. The van der Waals surface area contributed by atoms with E-state index >= 15 is 0 Å². The van der Waals surface area contributed by atoms with Crippen molar-refractivity contribution in [2.75, 3.05) is 11.6 Å². The molecule has 2 heterocycles. The number of aliphatic carboxylic acids is 1. The molecule has 0 saturated heterocycles. The van der Waals surface area contributed by atoms with Gasteiger partial charge in [-0.25, -0.2) is 0 Å². The molecule has 0 amide bonds. The van der Waals surface area contributed by atoms with Gasteiger partial charge in [0.25, 0.3) is 0 Å². The van der Waals surface area contributed by atoms with Crippen LogP contribution in [0.3, 0.4) is 0 Å². The smallest absolute Gasteiger partial charge is 0.314 e. The minimum atomic E-state index is -0.890. The summed E-state index contributed by atoms with van der Waals surface area (Å²) in [6.45, 7) is 4.27. The Kier molecular flexibility index (Phi) is 4.46. The van der Waals surface area contributed by atoms with Crippen LogP contribution in [-0.4, -0.2) is 28.4 Å². The van der Waals surface area contributed by atoms with Gasteiger partial charge in [0.15, 0.2) is 0 Å². The molecule has 1 aliphatic rings. The highest BCUT2D eigenvalue weighted by molar-refractivity contribution is 6.03. The van der Waals surface area contributed by atoms with Gasteiger partial charge in [-0.15, -0.1) is 0 Å². The van der Waals surface area contributed by atoms with Crippen LogP contribution < -0.4 is 9.75 Å². The van der Waals surface area contributed by atoms with Gasteiger partial charge in [-0.2, -0.15) is 5.10 Å². The van der Waals surface area contributed by atoms with Crippen molar-refractivity contribution in [3.63, 3.8) is 0 Å². The van der Waals surface area contributed by atoms with Crippen molar-refractivity contribution in [3.05, 3.63) is 54.4 Å². The monoisotopic (exact) mass is 325 g/mol. The van der Waals surface area contributed by atoms with Crippen LogP contribution in [0.25, 0.3) is 0 Å². The van der Waals surface area contributed by atoms with Crippen molar-refractivity contribution >= 4 is 17.4 Å². The number of hydrogen-bond donors (Lipinski definition) is 1. The summed E-state index contributed by atoms with van der Waals surface area (Å²) < 4.78 is 5.46. The van der Waals surface area contributed by atoms with E-state index in [0.29, 0.717) is 12.3 Å². The zero-order valence-corrected chi connectivity index (χ0v) is 13.6. The molecule has 1 aromatic carbocycles. The first-order valence-corrected chi connectivity index (χ1v) is 7.81. The maximum absolute atomic E-state index is 11.8. The molecule has 0 saturated carbocycles. The lowest BCUT2D eigenvalue weighted by molar-refractivity contribution is -0.139. The molecule has 24 heavy (non-hydrogen) atoms. The second-order valence-corrected chi connectivity index (χ2v) is 5.56. The fraction of sp³-hybridized carbons (Fsp3) is 0.278. The van der Waals surface area contributed by atoms with E-state index in [2.05, 4.69) is 10.1 Å². The summed E-state index contributed by atoms with van der Waals surface area (Å²) in [6, 6.07) is 10.7. The molecule has 1 N–H and O–H groups in total. The topological polar surface area (TPSA) is 75.0 Å². The van der Waals surface area contributed by atoms with Crippen LogP contribution in [0.2, 0.25) is 0 Å². The summed E-state index contributed by atoms with van der Waals surface area (Å²) in [5, 5.41) is 15.9. The first-order valence-electron chi connectivity index (χ1n) is 7.81. The van der Waals surface area contributed by atoms with Crippen molar-refractivity contribution in [2.24, 2.45) is 11.0 Å². The van der Waals surface area contributed by atoms with E-state index in [0.717, 1.165) is 17.0 Å². The number of carboxylic acids is 1. The van der Waals surface area contributed by atoms with Gasteiger partial charge in [0.1, 0.15) is 11.7 Å². The Hall–Kier alpha value is -2.89. The fourth-order valence-electron chi connectivity index (χ4n) is 2.94. The highest BCUT2D eigenvalue weighted by Gasteiger charge is 2.42. The SMILES string of the molecule is CCOc1ccc(N2N=C(C)C(C(=O)O)C2c2cccnc2)cc1. The number of nitrogens with zero attached hydrogens (tertiary/aromatic N) is 3. The molecular weight excluding hydrogens is 306 g/mol. The molecule has 1 aliphatic heterocycles. The van der Waals surface area contributed by atoms with Gasteiger partial charge in [0, 0.05) is 12.4 Å². The van der Waals surface area contributed by atoms with Crippen LogP contribution in [-0.2, 0) is 4.79 Å². The average Bonchev–Trinajstić information content (AvgIpc) is 2.94. The van der Waals surface area contributed by atoms with E-state index in [1.807, 2.05) is 37.3 Å². The van der Waals surface area contributed by atoms with Crippen LogP contribution in [0.1, 0.15) is 25.5 Å². The molecule has 0 aliphatic carbocycles. The summed E-state index contributed by atoms with van der Waals surface area (Å²) in [4.78, 5) is 15.9. The lowest BCUT2D eigenvalue weighted by Gasteiger charge is -2.26. The predicted octanol–water partition coefficient (Wildman–Crippen LogP) is 3.12. The molecule has 0 bridgehead atoms. The lowest BCUT2D eigenvalue weighted by Crippen LogP contribution is -2.30. The van der Waals surface area contributed by atoms with Gasteiger partial charge in [-0.3, -0.25) is 14.8 Å². The van der Waals surface area contributed by atoms with E-state index in [-0.39, 0.29) is 0 Å². The third kappa shape index (κ3) is 2.95. The van der Waals surface area contributed by atoms with Gasteiger partial charge in [-0.1, -0.05) is 6.07 Å². The number of rotatable bonds is 5. The molecule has 2 atom stereocenters. The molecule has 2 aromatic rings. The van der Waals surface area contributed by atoms with E-state index in [1.165, 1.54) is 0 Å². The largest absolute Gasteiger partial charge is 0.494 e. The Labute approximate surface area is 140 Å². The molecule has 6 heteroatoms. The van der Waals surface area contributed by atoms with Crippen LogP contribution in [0.5, 0.6) is 5.75 Å². The molecule has 6 nitrogen and oxygen atoms in total. The summed E-state index contributed by atoms with van der Waals surface area (Å²) >= 11 is 0. The van der Waals surface area contributed by atoms with Crippen molar-refractivity contribution < 1.29 is 14.6 Å². The number of ether oxygens (including phenoxy) is 1. The quantitative estimate of drug-likeness (QED) is 0.914. The Balaban J connectivity index is 1.99. The maximum Gasteiger partial charge on any atom is 0.314 e. The molecule has 1 aromatic heterocycles. The molecule has 124 valence electrons. The number of pyridine rings is 1. The van der Waals surface area contributed by atoms with E-state index in [4.69, 9.17) is 4.74 Å². The fourth-order valence-corrected chi connectivity index (χ4v) is 2.94. The van der Waals surface area contributed by atoms with E-state index in [1.54, 1.807) is 30.4 Å². The Morgan fingerprint density at radius 1 is 1.29 bits per heavy atom. The molecule has 2 unspecified atom stereocenters. The number of aromatic nitrogens is 1. The normalized spacial score (nSPS) is 19.9. The highest BCUT2D eigenvalue weighted by atomic mass is 16.5. The van der Waals surface area contributed by atoms with Crippen LogP contribution in [0.4, 0.5) is 5.69 Å². The summed E-state index contributed by atoms with van der Waals surface area (Å²) in [5.74, 6) is -0.826. The third-order valence-corrected chi connectivity index (χ3v) is 4.00. The van der Waals surface area contributed by atoms with Crippen molar-refractivity contribution in [1.82, 2.24) is 4.98 Å². The summed E-state index contributed by atoms with van der Waals surface area (Å²) in [7, 11) is 0. The highest BCUT2D eigenvalue weighted by Crippen LogP contribution is 2.39. The van der Waals surface area contributed by atoms with E-state index in [9.17, 15) is 9.90 Å². The van der Waals surface area contributed by atoms with Crippen LogP contribution in [0, 0.1) is 5.92 Å². The van der Waals surface area contributed by atoms with Gasteiger partial charge < -0.3 is 9.84 Å². The van der Waals surface area contributed by atoms with Crippen molar-refractivity contribution in [3.8, 4) is 5.75 Å². The number of carbonyl (C=O) groups is 1. The number of carboxylic acid groups (broad SMARTS) is 1. The molecule has 0 fully saturated rings. The summed E-state index contributed by atoms with van der Waals surface area (Å²) in [6.07, 6.45) is 3.36. The average molecular weight is 325 g/mol. The first kappa shape index (κ1) is 16.0. The van der Waals surface area contributed by atoms with Crippen molar-refractivity contribution in [2.45, 2.75) is 19.9 Å². The Morgan fingerprint density at radius 3 is 2.62 bits per heavy atom. The molecular formula is C18H19N3O3. The number of benzene rings is 1. The van der Waals surface area contributed by atoms with Gasteiger partial charge in [0.05, 0.1) is 24.0 Å². The first-order chi connectivity index (χ1) is 11.6. The van der Waals surface area contributed by atoms with Crippen LogP contribution in [0.15, 0.2) is 53.9 Å². The van der Waals surface area contributed by atoms with Gasteiger partial charge >= 0.3 is 5.97 Å². The Morgan fingerprint density at radius 2 is 2.04 bits per heavy atom. The minimum Gasteiger partial charge on any atom is -0.494 e. The molecule has 3 rings (SSSR count). The lowest BCUT2D eigenvalue weighted by atomic mass is 9.91. The summed E-state index contributed by atoms with van der Waals surface area (Å²) in [5.41, 5.74) is 2.21. The molecule has 0 radical (unpaired) electrons. The predicted molar refractivity (Wildman–Crippen MR) is 91.3 cm³/mol. The zero-order chi connectivity index (χ0) is 17.1. The maximum atomic E-state index is 11.8. The standard InChI is InChI=1S/C18H19N3O3/c1-3-24-15-8-6-14(7-9-15)21-17(13-5-4-10-19-11-13)16(18(22)23)12(2)20-21/h4-11,16-17H,3H2,1-2H3,(H,22,23). The number of hydrazone groups is 1. The van der Waals surface area contributed by atoms with Crippen molar-refractivity contribution in [1.29, 1.82) is 0 Å². The molecule has 0 spiro atoms. The van der Waals surface area contributed by atoms with E-state index < -0.39 is 17.9 Å². The van der Waals surface area contributed by atoms with Crippen LogP contribution >= 0.6 is 0 Å². The van der Waals surface area contributed by atoms with Gasteiger partial charge in [0.2, 0.25) is 0 Å². The zero-order valence-electron chi connectivity index (χ0n) is 13.6. The van der Waals surface area contributed by atoms with Gasteiger partial charge in [-0.05, 0) is 49.7 Å². The second-order valence-electron chi connectivity index (χ2n) is 5.56.